The average molecular weight is 1080 g/mol. The first-order valence-electron chi connectivity index (χ1n) is 19.5. The number of benzene rings is 5. The summed E-state index contributed by atoms with van der Waals surface area (Å²) in [6, 6.07) is 3.65. The minimum Gasteiger partial charge on any atom is -0.258 e. The lowest BCUT2D eigenvalue weighted by Gasteiger charge is -2.46. The maximum absolute atomic E-state index is 14.2. The number of nitro groups is 1. The number of pyridine rings is 1. The minimum absolute atomic E-state index is 0.127. The van der Waals surface area contributed by atoms with Crippen LogP contribution in [0, 0.1) is 10.1 Å². The van der Waals surface area contributed by atoms with E-state index in [-0.39, 0.29) is 10.6 Å². The van der Waals surface area contributed by atoms with Crippen LogP contribution in [0.3, 0.4) is 0 Å². The lowest BCUT2D eigenvalue weighted by Crippen LogP contribution is -2.75. The van der Waals surface area contributed by atoms with Gasteiger partial charge in [0.15, 0.2) is 18.9 Å². The smallest absolute Gasteiger partial charge is 0.258 e. The van der Waals surface area contributed by atoms with Gasteiger partial charge in [0, 0.05) is 29.8 Å². The Kier molecular flexibility index (Phi) is 15.2. The summed E-state index contributed by atoms with van der Waals surface area (Å²) in [5.74, 6) is 0. The van der Waals surface area contributed by atoms with Crippen LogP contribution in [-0.4, -0.2) is 11.1 Å². The molecule has 0 fully saturated rings. The average Bonchev–Trinajstić information content (AvgIpc) is 3.25. The minimum atomic E-state index is -6.13. The first-order chi connectivity index (χ1) is 33.0. The summed E-state index contributed by atoms with van der Waals surface area (Å²) in [4.78, 5) is 10.1. The number of nitro benzene ring substituents is 1. The Bertz CT molecular complexity index is 2510. The number of aromatic nitrogens is 1. The molecular formula is C44H23BF24N2O2. The zero-order valence-corrected chi connectivity index (χ0v) is 35.2. The Morgan fingerprint density at radius 1 is 0.356 bits per heavy atom. The van der Waals surface area contributed by atoms with Gasteiger partial charge in [-0.05, 0) is 36.4 Å². The highest BCUT2D eigenvalue weighted by molar-refractivity contribution is 7.20. The zero-order valence-electron chi connectivity index (χ0n) is 35.2. The molecule has 392 valence electrons. The summed E-state index contributed by atoms with van der Waals surface area (Å²) in [6.45, 7) is 0.721. The molecule has 0 aliphatic heterocycles. The van der Waals surface area contributed by atoms with Gasteiger partial charge >= 0.3 is 49.4 Å². The highest BCUT2D eigenvalue weighted by Gasteiger charge is 2.47. The highest BCUT2D eigenvalue weighted by atomic mass is 19.4. The maximum atomic E-state index is 14.2. The van der Waals surface area contributed by atoms with Crippen LogP contribution in [-0.2, 0) is 56.0 Å². The summed E-state index contributed by atoms with van der Waals surface area (Å²) < 4.78 is 343. The standard InChI is InChI=1S/C32H12BF24.C12H11N2O2/c34-25(35,36)13-1-14(26(37,38)39)6-21(5-13)33(22-7-15(27(40,41)42)2-16(8-22)28(43,44)45,23-9-17(29(46,47)48)3-18(10-23)30(49,50)51)24-11-19(31(52,53)54)4-20(12-24)32(55,56)57;15-14(16)12-6-4-11(5-7-12)10-13-8-2-1-3-9-13/h1-12H;1-9H,10H2/q-1;+1. The number of halogens is 24. The molecule has 0 amide bonds. The van der Waals surface area contributed by atoms with Crippen LogP contribution in [0.1, 0.15) is 50.1 Å². The summed E-state index contributed by atoms with van der Waals surface area (Å²) in [5.41, 5.74) is -29.0. The number of hydrogen-bond donors (Lipinski definition) is 0. The van der Waals surface area contributed by atoms with Crippen molar-refractivity contribution in [1.29, 1.82) is 0 Å². The Balaban J connectivity index is 0.000000520. The molecule has 0 aliphatic carbocycles. The molecule has 29 heteroatoms. The molecule has 6 aromatic rings. The van der Waals surface area contributed by atoms with Crippen LogP contribution >= 0.6 is 0 Å². The van der Waals surface area contributed by atoms with Gasteiger partial charge < -0.3 is 0 Å². The number of non-ortho nitro benzene ring substituents is 1. The third-order valence-electron chi connectivity index (χ3n) is 10.7. The Labute approximate surface area is 392 Å². The summed E-state index contributed by atoms with van der Waals surface area (Å²) in [5, 5.41) is 10.5. The Morgan fingerprint density at radius 2 is 0.575 bits per heavy atom. The van der Waals surface area contributed by atoms with Gasteiger partial charge in [-0.15, -0.1) is 0 Å². The van der Waals surface area contributed by atoms with E-state index in [0.29, 0.717) is 0 Å². The molecule has 0 unspecified atom stereocenters. The third kappa shape index (κ3) is 13.4. The Hall–Kier alpha value is -6.97. The molecule has 73 heavy (non-hydrogen) atoms. The molecule has 0 N–H and O–H groups in total. The van der Waals surface area contributed by atoms with Gasteiger partial charge in [-0.3, -0.25) is 10.1 Å². The van der Waals surface area contributed by atoms with Gasteiger partial charge in [0.1, 0.15) is 6.15 Å². The second-order valence-corrected chi connectivity index (χ2v) is 15.7. The summed E-state index contributed by atoms with van der Waals surface area (Å²) >= 11 is 0. The molecule has 0 saturated heterocycles. The molecule has 0 radical (unpaired) electrons. The van der Waals surface area contributed by atoms with Crippen molar-refractivity contribution < 1.29 is 115 Å². The normalized spacial score (nSPS) is 13.4. The van der Waals surface area contributed by atoms with Gasteiger partial charge in [0.25, 0.3) is 5.69 Å². The number of hydrogen-bond acceptors (Lipinski definition) is 2. The summed E-state index contributed by atoms with van der Waals surface area (Å²) in [7, 11) is 0. The SMILES string of the molecule is FC(F)(F)c1cc([B-](c2cc(C(F)(F)F)cc(C(F)(F)F)c2)(c2cc(C(F)(F)F)cc(C(F)(F)F)c2)c2cc(C(F)(F)F)cc(C(F)(F)F)c2)cc(C(F)(F)F)c1.O=[N+]([O-])c1ccc(C[n+]2ccccc2)cc1. The molecule has 1 heterocycles. The fraction of sp³-hybridized carbons (Fsp3) is 0.205. The van der Waals surface area contributed by atoms with Gasteiger partial charge in [-0.25, -0.2) is 4.57 Å². The van der Waals surface area contributed by atoms with E-state index in [1.54, 1.807) is 12.1 Å². The van der Waals surface area contributed by atoms with Crippen molar-refractivity contribution in [2.45, 2.75) is 56.0 Å². The second kappa shape index (κ2) is 19.5. The van der Waals surface area contributed by atoms with Gasteiger partial charge in [0.2, 0.25) is 0 Å². The van der Waals surface area contributed by atoms with Gasteiger partial charge in [0.05, 0.1) is 49.4 Å². The fourth-order valence-electron chi connectivity index (χ4n) is 7.54. The first kappa shape index (κ1) is 56.9. The Morgan fingerprint density at radius 3 is 0.767 bits per heavy atom. The van der Waals surface area contributed by atoms with Crippen molar-refractivity contribution in [3.8, 4) is 0 Å². The van der Waals surface area contributed by atoms with E-state index in [4.69, 9.17) is 0 Å². The number of alkyl halides is 24. The van der Waals surface area contributed by atoms with E-state index in [2.05, 4.69) is 0 Å². The van der Waals surface area contributed by atoms with Crippen molar-refractivity contribution in [3.63, 3.8) is 0 Å². The first-order valence-corrected chi connectivity index (χ1v) is 19.5. The molecule has 0 saturated carbocycles. The van der Waals surface area contributed by atoms with E-state index in [9.17, 15) is 115 Å². The van der Waals surface area contributed by atoms with Crippen molar-refractivity contribution in [2.75, 3.05) is 0 Å². The van der Waals surface area contributed by atoms with Crippen molar-refractivity contribution in [3.05, 3.63) is 188 Å². The molecule has 6 rings (SSSR count). The van der Waals surface area contributed by atoms with Crippen molar-refractivity contribution >= 4 is 33.7 Å². The predicted octanol–water partition coefficient (Wildman–Crippen LogP) is 13.1. The monoisotopic (exact) mass is 1080 g/mol. The number of rotatable bonds is 7. The zero-order chi connectivity index (χ0) is 55.3. The second-order valence-electron chi connectivity index (χ2n) is 15.7. The van der Waals surface area contributed by atoms with Crippen LogP contribution in [0.4, 0.5) is 111 Å². The molecule has 0 atom stereocenters. The summed E-state index contributed by atoms with van der Waals surface area (Å²) in [6.07, 6.45) is -50.9. The van der Waals surface area contributed by atoms with E-state index >= 15 is 0 Å². The third-order valence-corrected chi connectivity index (χ3v) is 10.7. The highest BCUT2D eigenvalue weighted by Crippen LogP contribution is 2.41. The van der Waals surface area contributed by atoms with Gasteiger partial charge in [-0.1, -0.05) is 54.6 Å². The quantitative estimate of drug-likeness (QED) is 0.0526. The number of nitrogens with zero attached hydrogens (tertiary/aromatic N) is 2. The van der Waals surface area contributed by atoms with Crippen LogP contribution < -0.4 is 26.4 Å². The van der Waals surface area contributed by atoms with E-state index in [0.717, 1.165) is 12.1 Å². The molecular weight excluding hydrogens is 1060 g/mol. The lowest BCUT2D eigenvalue weighted by molar-refractivity contribution is -0.688. The van der Waals surface area contributed by atoms with E-state index in [1.807, 2.05) is 35.2 Å². The topological polar surface area (TPSA) is 47.0 Å². The van der Waals surface area contributed by atoms with Crippen LogP contribution in [0.25, 0.3) is 0 Å². The molecule has 0 spiro atoms. The molecule has 5 aromatic carbocycles. The molecule has 4 nitrogen and oxygen atoms in total. The lowest BCUT2D eigenvalue weighted by atomic mass is 9.12. The van der Waals surface area contributed by atoms with Gasteiger partial charge in [-0.2, -0.15) is 127 Å². The predicted molar refractivity (Wildman–Crippen MR) is 209 cm³/mol. The van der Waals surface area contributed by atoms with E-state index < -0.39 is 195 Å². The molecule has 1 aromatic heterocycles. The fourth-order valence-corrected chi connectivity index (χ4v) is 7.54. The van der Waals surface area contributed by atoms with Crippen LogP contribution in [0.5, 0.6) is 0 Å². The molecule has 0 bridgehead atoms. The van der Waals surface area contributed by atoms with Crippen molar-refractivity contribution in [2.24, 2.45) is 0 Å². The van der Waals surface area contributed by atoms with Crippen LogP contribution in [0.15, 0.2) is 128 Å². The van der Waals surface area contributed by atoms with E-state index in [1.165, 1.54) is 12.1 Å². The maximum Gasteiger partial charge on any atom is 0.416 e. The van der Waals surface area contributed by atoms with Crippen LogP contribution in [0.2, 0.25) is 0 Å². The largest absolute Gasteiger partial charge is 0.416 e. The molecule has 0 aliphatic rings. The van der Waals surface area contributed by atoms with Crippen molar-refractivity contribution in [1.82, 2.24) is 0 Å².